The van der Waals surface area contributed by atoms with Crippen LogP contribution in [0.5, 0.6) is 0 Å². The molecule has 2 amide bonds. The molecule has 0 heterocycles. The number of halogens is 1. The topological polar surface area (TPSA) is 92.8 Å². The summed E-state index contributed by atoms with van der Waals surface area (Å²) in [5, 5.41) is 3.67. The van der Waals surface area contributed by atoms with Crippen LogP contribution in [-0.2, 0) is 25.8 Å². The standard InChI is InChI=1S/C29H39ClN2O5S/c1-20(33)32(17-16-21-8-6-11-26(18-21)38(5,35)36)25-14-12-22(13-15-25)27(23-9-7-10-24(30)19-23)31-28(34)37-29(2,3)4/h6-11,18-19,22,25,27H,12-17H2,1-5H3,(H,31,34). The molecule has 1 N–H and O–H groups in total. The Morgan fingerprint density at radius 3 is 2.32 bits per heavy atom. The zero-order valence-corrected chi connectivity index (χ0v) is 24.4. The van der Waals surface area contributed by atoms with Crippen molar-refractivity contribution in [3.8, 4) is 0 Å². The Morgan fingerprint density at radius 1 is 1.08 bits per heavy atom. The molecule has 0 aromatic heterocycles. The Balaban J connectivity index is 1.69. The summed E-state index contributed by atoms with van der Waals surface area (Å²) in [6, 6.07) is 14.3. The maximum absolute atomic E-state index is 12.7. The summed E-state index contributed by atoms with van der Waals surface area (Å²) in [6.07, 6.45) is 4.57. The Morgan fingerprint density at radius 2 is 1.74 bits per heavy atom. The quantitative estimate of drug-likeness (QED) is 0.428. The van der Waals surface area contributed by atoms with Gasteiger partial charge in [-0.25, -0.2) is 13.2 Å². The summed E-state index contributed by atoms with van der Waals surface area (Å²) in [5.41, 5.74) is 1.21. The van der Waals surface area contributed by atoms with Crippen LogP contribution >= 0.6 is 11.6 Å². The van der Waals surface area contributed by atoms with Crippen LogP contribution in [-0.4, -0.2) is 49.8 Å². The van der Waals surface area contributed by atoms with Crippen molar-refractivity contribution in [2.45, 2.75) is 82.4 Å². The van der Waals surface area contributed by atoms with Gasteiger partial charge in [0.15, 0.2) is 9.84 Å². The number of carbonyl (C=O) groups excluding carboxylic acids is 2. The van der Waals surface area contributed by atoms with E-state index in [0.717, 1.165) is 36.8 Å². The molecule has 1 aliphatic rings. The van der Waals surface area contributed by atoms with Crippen LogP contribution in [0.3, 0.4) is 0 Å². The molecule has 38 heavy (non-hydrogen) atoms. The maximum atomic E-state index is 12.7. The van der Waals surface area contributed by atoms with Crippen LogP contribution in [0.1, 0.15) is 70.5 Å². The fourth-order valence-electron chi connectivity index (χ4n) is 5.13. The van der Waals surface area contributed by atoms with Crippen molar-refractivity contribution >= 4 is 33.4 Å². The molecule has 1 atom stereocenters. The van der Waals surface area contributed by atoms with Crippen molar-refractivity contribution in [1.82, 2.24) is 10.2 Å². The molecule has 0 saturated heterocycles. The minimum absolute atomic E-state index is 0.00555. The van der Waals surface area contributed by atoms with Gasteiger partial charge in [0, 0.05) is 30.8 Å². The number of amides is 2. The molecule has 208 valence electrons. The van der Waals surface area contributed by atoms with Crippen molar-refractivity contribution in [2.75, 3.05) is 12.8 Å². The van der Waals surface area contributed by atoms with Gasteiger partial charge in [0.25, 0.3) is 0 Å². The van der Waals surface area contributed by atoms with Gasteiger partial charge in [0.1, 0.15) is 5.60 Å². The van der Waals surface area contributed by atoms with E-state index < -0.39 is 21.5 Å². The first-order valence-electron chi connectivity index (χ1n) is 13.0. The second-order valence-electron chi connectivity index (χ2n) is 11.1. The molecule has 1 saturated carbocycles. The molecule has 0 radical (unpaired) electrons. The molecular weight excluding hydrogens is 524 g/mol. The zero-order chi connectivity index (χ0) is 28.1. The van der Waals surface area contributed by atoms with E-state index in [1.807, 2.05) is 56.0 Å². The first-order chi connectivity index (χ1) is 17.7. The smallest absolute Gasteiger partial charge is 0.408 e. The molecule has 1 unspecified atom stereocenters. The lowest BCUT2D eigenvalue weighted by Crippen LogP contribution is -2.44. The minimum atomic E-state index is -3.29. The average Bonchev–Trinajstić information content (AvgIpc) is 2.81. The molecule has 2 aromatic rings. The number of nitrogens with one attached hydrogen (secondary N) is 1. The summed E-state index contributed by atoms with van der Waals surface area (Å²) in [5.74, 6) is 0.170. The highest BCUT2D eigenvalue weighted by Crippen LogP contribution is 2.37. The van der Waals surface area contributed by atoms with Gasteiger partial charge in [-0.05, 0) is 94.2 Å². The third kappa shape index (κ3) is 8.73. The van der Waals surface area contributed by atoms with Gasteiger partial charge in [0.2, 0.25) is 5.91 Å². The van der Waals surface area contributed by atoms with E-state index in [1.54, 1.807) is 25.1 Å². The van der Waals surface area contributed by atoms with E-state index in [4.69, 9.17) is 16.3 Å². The monoisotopic (exact) mass is 562 g/mol. The number of hydrogen-bond donors (Lipinski definition) is 1. The Bertz CT molecular complexity index is 1230. The predicted molar refractivity (Wildman–Crippen MR) is 150 cm³/mol. The lowest BCUT2D eigenvalue weighted by molar-refractivity contribution is -0.132. The summed E-state index contributed by atoms with van der Waals surface area (Å²) in [6.45, 7) is 7.60. The fraction of sp³-hybridized carbons (Fsp3) is 0.517. The average molecular weight is 563 g/mol. The van der Waals surface area contributed by atoms with E-state index in [9.17, 15) is 18.0 Å². The Kier molecular flexibility index (Phi) is 9.87. The molecule has 9 heteroatoms. The number of alkyl carbamates (subject to hydrolysis) is 1. The van der Waals surface area contributed by atoms with Crippen molar-refractivity contribution < 1.29 is 22.7 Å². The number of rotatable bonds is 8. The van der Waals surface area contributed by atoms with Crippen LogP contribution < -0.4 is 5.32 Å². The first-order valence-corrected chi connectivity index (χ1v) is 15.3. The van der Waals surface area contributed by atoms with Crippen LogP contribution in [0.2, 0.25) is 5.02 Å². The highest BCUT2D eigenvalue weighted by Gasteiger charge is 2.33. The van der Waals surface area contributed by atoms with Crippen LogP contribution in [0.15, 0.2) is 53.4 Å². The molecule has 0 spiro atoms. The van der Waals surface area contributed by atoms with Crippen LogP contribution in [0, 0.1) is 5.92 Å². The molecule has 1 fully saturated rings. The number of hydrogen-bond acceptors (Lipinski definition) is 5. The molecule has 1 aliphatic carbocycles. The van der Waals surface area contributed by atoms with Gasteiger partial charge in [-0.1, -0.05) is 35.9 Å². The van der Waals surface area contributed by atoms with E-state index in [1.165, 1.54) is 6.26 Å². The maximum Gasteiger partial charge on any atom is 0.408 e. The SMILES string of the molecule is CC(=O)N(CCc1cccc(S(C)(=O)=O)c1)C1CCC(C(NC(=O)OC(C)(C)C)c2cccc(Cl)c2)CC1. The molecule has 0 bridgehead atoms. The second-order valence-corrected chi connectivity index (χ2v) is 13.6. The lowest BCUT2D eigenvalue weighted by Gasteiger charge is -2.39. The van der Waals surface area contributed by atoms with Crippen LogP contribution in [0.4, 0.5) is 4.79 Å². The van der Waals surface area contributed by atoms with Gasteiger partial charge in [-0.3, -0.25) is 4.79 Å². The van der Waals surface area contributed by atoms with E-state index >= 15 is 0 Å². The number of sulfone groups is 1. The summed E-state index contributed by atoms with van der Waals surface area (Å²) in [4.78, 5) is 27.5. The third-order valence-corrected chi connectivity index (χ3v) is 8.25. The van der Waals surface area contributed by atoms with E-state index in [2.05, 4.69) is 5.32 Å². The number of benzene rings is 2. The summed E-state index contributed by atoms with van der Waals surface area (Å²) in [7, 11) is -3.29. The number of nitrogens with zero attached hydrogens (tertiary/aromatic N) is 1. The highest BCUT2D eigenvalue weighted by molar-refractivity contribution is 7.90. The number of carbonyl (C=O) groups is 2. The zero-order valence-electron chi connectivity index (χ0n) is 22.9. The molecule has 3 rings (SSSR count). The number of ether oxygens (including phenoxy) is 1. The Hall–Kier alpha value is -2.58. The van der Waals surface area contributed by atoms with Gasteiger partial charge in [0.05, 0.1) is 10.9 Å². The lowest BCUT2D eigenvalue weighted by atomic mass is 9.78. The summed E-state index contributed by atoms with van der Waals surface area (Å²) >= 11 is 6.27. The van der Waals surface area contributed by atoms with Gasteiger partial charge in [-0.15, -0.1) is 0 Å². The Labute approximate surface area is 231 Å². The molecule has 0 aliphatic heterocycles. The van der Waals surface area contributed by atoms with E-state index in [0.29, 0.717) is 18.0 Å². The molecule has 7 nitrogen and oxygen atoms in total. The van der Waals surface area contributed by atoms with Gasteiger partial charge < -0.3 is 15.0 Å². The molecular formula is C29H39ClN2O5S. The van der Waals surface area contributed by atoms with Crippen molar-refractivity contribution in [1.29, 1.82) is 0 Å². The second kappa shape index (κ2) is 12.5. The van der Waals surface area contributed by atoms with Crippen molar-refractivity contribution in [3.63, 3.8) is 0 Å². The van der Waals surface area contributed by atoms with Gasteiger partial charge >= 0.3 is 6.09 Å². The normalized spacial score (nSPS) is 18.9. The fourth-order valence-corrected chi connectivity index (χ4v) is 6.02. The van der Waals surface area contributed by atoms with Crippen LogP contribution in [0.25, 0.3) is 0 Å². The highest BCUT2D eigenvalue weighted by atomic mass is 35.5. The van der Waals surface area contributed by atoms with Crippen molar-refractivity contribution in [2.24, 2.45) is 5.92 Å². The van der Waals surface area contributed by atoms with Gasteiger partial charge in [-0.2, -0.15) is 0 Å². The third-order valence-electron chi connectivity index (χ3n) is 6.91. The molecule has 2 aromatic carbocycles. The van der Waals surface area contributed by atoms with E-state index in [-0.39, 0.29) is 28.8 Å². The first kappa shape index (κ1) is 30.0. The predicted octanol–water partition coefficient (Wildman–Crippen LogP) is 5.96. The minimum Gasteiger partial charge on any atom is -0.444 e. The van der Waals surface area contributed by atoms with Crippen molar-refractivity contribution in [3.05, 3.63) is 64.7 Å². The largest absolute Gasteiger partial charge is 0.444 e. The summed E-state index contributed by atoms with van der Waals surface area (Å²) < 4.78 is 29.4.